The van der Waals surface area contributed by atoms with E-state index in [2.05, 4.69) is 0 Å². The van der Waals surface area contributed by atoms with Gasteiger partial charge in [-0.05, 0) is 30.0 Å². The highest BCUT2D eigenvalue weighted by Crippen LogP contribution is 2.38. The minimum atomic E-state index is -1.40. The summed E-state index contributed by atoms with van der Waals surface area (Å²) in [5, 5.41) is 9.59. The van der Waals surface area contributed by atoms with E-state index >= 15 is 0 Å². The lowest BCUT2D eigenvalue weighted by Gasteiger charge is -2.31. The van der Waals surface area contributed by atoms with Crippen molar-refractivity contribution in [3.63, 3.8) is 0 Å². The summed E-state index contributed by atoms with van der Waals surface area (Å²) < 4.78 is 26.8. The third kappa shape index (κ3) is 2.82. The van der Waals surface area contributed by atoms with Gasteiger partial charge in [-0.15, -0.1) is 0 Å². The van der Waals surface area contributed by atoms with Crippen molar-refractivity contribution < 1.29 is 18.7 Å². The first-order valence-corrected chi connectivity index (χ1v) is 6.88. The van der Waals surface area contributed by atoms with Crippen LogP contribution < -0.4 is 5.73 Å². The van der Waals surface area contributed by atoms with E-state index in [1.54, 1.807) is 0 Å². The van der Waals surface area contributed by atoms with Gasteiger partial charge in [0.1, 0.15) is 17.0 Å². The van der Waals surface area contributed by atoms with Gasteiger partial charge in [0.2, 0.25) is 0 Å². The molecule has 1 unspecified atom stereocenters. The minimum Gasteiger partial charge on any atom is -0.481 e. The summed E-state index contributed by atoms with van der Waals surface area (Å²) in [5.74, 6) is -2.41. The van der Waals surface area contributed by atoms with Gasteiger partial charge in [0.05, 0.1) is 0 Å². The Hall–Kier alpha value is -1.49. The normalized spacial score (nSPS) is 18.9. The average molecular weight is 283 g/mol. The van der Waals surface area contributed by atoms with Crippen LogP contribution in [0.4, 0.5) is 8.78 Å². The molecule has 0 aliphatic heterocycles. The van der Waals surface area contributed by atoms with Gasteiger partial charge in [0, 0.05) is 12.6 Å². The molecule has 1 saturated carbocycles. The highest BCUT2D eigenvalue weighted by atomic mass is 19.1. The third-order valence-corrected chi connectivity index (χ3v) is 4.28. The lowest BCUT2D eigenvalue weighted by Crippen LogP contribution is -2.44. The Bertz CT molecular complexity index is 480. The molecular formula is C15H19F2NO2. The molecule has 0 heterocycles. The third-order valence-electron chi connectivity index (χ3n) is 4.28. The molecule has 0 amide bonds. The maximum absolute atomic E-state index is 13.4. The SMILES string of the molecule is NCC(CC1CCCC1)(C(=O)O)c1cc(F)cc(F)c1. The van der Waals surface area contributed by atoms with Crippen LogP contribution in [0.5, 0.6) is 0 Å². The van der Waals surface area contributed by atoms with E-state index < -0.39 is 23.0 Å². The Morgan fingerprint density at radius 1 is 1.25 bits per heavy atom. The smallest absolute Gasteiger partial charge is 0.315 e. The molecular weight excluding hydrogens is 264 g/mol. The fraction of sp³-hybridized carbons (Fsp3) is 0.533. The number of nitrogens with two attached hydrogens (primary N) is 1. The molecule has 5 heteroatoms. The Labute approximate surface area is 116 Å². The highest BCUT2D eigenvalue weighted by Gasteiger charge is 2.42. The molecule has 110 valence electrons. The van der Waals surface area contributed by atoms with Gasteiger partial charge in [-0.3, -0.25) is 4.79 Å². The van der Waals surface area contributed by atoms with E-state index in [1.165, 1.54) is 0 Å². The van der Waals surface area contributed by atoms with Gasteiger partial charge in [0.25, 0.3) is 0 Å². The molecule has 1 aromatic carbocycles. The first kappa shape index (κ1) is 14.9. The second-order valence-electron chi connectivity index (χ2n) is 5.60. The number of aliphatic carboxylic acids is 1. The Kier molecular flexibility index (Phi) is 4.38. The predicted octanol–water partition coefficient (Wildman–Crippen LogP) is 2.83. The number of benzene rings is 1. The van der Waals surface area contributed by atoms with Crippen molar-refractivity contribution in [2.45, 2.75) is 37.5 Å². The van der Waals surface area contributed by atoms with Crippen LogP contribution in [0.15, 0.2) is 18.2 Å². The molecule has 1 aliphatic rings. The van der Waals surface area contributed by atoms with E-state index in [4.69, 9.17) is 5.73 Å². The first-order chi connectivity index (χ1) is 9.48. The van der Waals surface area contributed by atoms with Crippen molar-refractivity contribution in [1.29, 1.82) is 0 Å². The first-order valence-electron chi connectivity index (χ1n) is 6.88. The number of rotatable bonds is 5. The molecule has 3 N–H and O–H groups in total. The summed E-state index contributed by atoms with van der Waals surface area (Å²) in [6.45, 7) is -0.165. The molecule has 1 aromatic rings. The lowest BCUT2D eigenvalue weighted by molar-refractivity contribution is -0.144. The summed E-state index contributed by atoms with van der Waals surface area (Å²) >= 11 is 0. The number of hydrogen-bond donors (Lipinski definition) is 2. The van der Waals surface area contributed by atoms with Crippen LogP contribution in [0, 0.1) is 17.6 Å². The van der Waals surface area contributed by atoms with Gasteiger partial charge in [-0.1, -0.05) is 25.7 Å². The maximum Gasteiger partial charge on any atom is 0.315 e. The maximum atomic E-state index is 13.4. The van der Waals surface area contributed by atoms with Crippen LogP contribution in [0.2, 0.25) is 0 Å². The summed E-state index contributed by atoms with van der Waals surface area (Å²) in [7, 11) is 0. The minimum absolute atomic E-state index is 0.122. The van der Waals surface area contributed by atoms with Gasteiger partial charge in [0.15, 0.2) is 0 Å². The van der Waals surface area contributed by atoms with Gasteiger partial charge in [-0.2, -0.15) is 0 Å². The molecule has 0 radical (unpaired) electrons. The van der Waals surface area contributed by atoms with E-state index in [0.717, 1.165) is 43.9 Å². The molecule has 1 aliphatic carbocycles. The van der Waals surface area contributed by atoms with Crippen LogP contribution in [-0.2, 0) is 10.2 Å². The Morgan fingerprint density at radius 2 is 1.80 bits per heavy atom. The molecule has 1 fully saturated rings. The van der Waals surface area contributed by atoms with Gasteiger partial charge < -0.3 is 10.8 Å². The molecule has 3 nitrogen and oxygen atoms in total. The monoisotopic (exact) mass is 283 g/mol. The number of hydrogen-bond acceptors (Lipinski definition) is 2. The zero-order valence-electron chi connectivity index (χ0n) is 11.2. The Balaban J connectivity index is 2.41. The van der Waals surface area contributed by atoms with E-state index in [-0.39, 0.29) is 18.0 Å². The molecule has 1 atom stereocenters. The van der Waals surface area contributed by atoms with Crippen LogP contribution in [-0.4, -0.2) is 17.6 Å². The summed E-state index contributed by atoms with van der Waals surface area (Å²) in [4.78, 5) is 11.7. The van der Waals surface area contributed by atoms with Gasteiger partial charge >= 0.3 is 5.97 Å². The second kappa shape index (κ2) is 5.87. The largest absolute Gasteiger partial charge is 0.481 e. The summed E-state index contributed by atoms with van der Waals surface area (Å²) in [5.41, 5.74) is 4.41. The van der Waals surface area contributed by atoms with E-state index in [9.17, 15) is 18.7 Å². The van der Waals surface area contributed by atoms with Crippen LogP contribution in [0.3, 0.4) is 0 Å². The van der Waals surface area contributed by atoms with Crippen molar-refractivity contribution in [2.75, 3.05) is 6.54 Å². The number of carboxylic acid groups (broad SMARTS) is 1. The fourth-order valence-corrected chi connectivity index (χ4v) is 3.15. The predicted molar refractivity (Wildman–Crippen MR) is 71.3 cm³/mol. The van der Waals surface area contributed by atoms with Crippen LogP contribution in [0.25, 0.3) is 0 Å². The van der Waals surface area contributed by atoms with Crippen molar-refractivity contribution in [3.05, 3.63) is 35.4 Å². The van der Waals surface area contributed by atoms with Crippen molar-refractivity contribution >= 4 is 5.97 Å². The lowest BCUT2D eigenvalue weighted by atomic mass is 9.73. The summed E-state index contributed by atoms with van der Waals surface area (Å²) in [6.07, 6.45) is 4.38. The quantitative estimate of drug-likeness (QED) is 0.873. The number of halogens is 2. The average Bonchev–Trinajstić information content (AvgIpc) is 2.87. The standard InChI is InChI=1S/C15H19F2NO2/c16-12-5-11(6-13(17)7-12)15(9-18,14(19)20)8-10-3-1-2-4-10/h5-7,10H,1-4,8-9,18H2,(H,19,20). The summed E-state index contributed by atoms with van der Waals surface area (Å²) in [6, 6.07) is 2.90. The highest BCUT2D eigenvalue weighted by molar-refractivity contribution is 5.81. The molecule has 0 aromatic heterocycles. The fourth-order valence-electron chi connectivity index (χ4n) is 3.15. The molecule has 0 saturated heterocycles. The van der Waals surface area contributed by atoms with E-state index in [1.807, 2.05) is 0 Å². The Morgan fingerprint density at radius 3 is 2.25 bits per heavy atom. The van der Waals surface area contributed by atoms with Crippen molar-refractivity contribution in [2.24, 2.45) is 11.7 Å². The second-order valence-corrected chi connectivity index (χ2v) is 5.60. The molecule has 0 spiro atoms. The van der Waals surface area contributed by atoms with Crippen molar-refractivity contribution in [1.82, 2.24) is 0 Å². The molecule has 0 bridgehead atoms. The van der Waals surface area contributed by atoms with E-state index in [0.29, 0.717) is 6.42 Å². The van der Waals surface area contributed by atoms with Gasteiger partial charge in [-0.25, -0.2) is 8.78 Å². The zero-order valence-corrected chi connectivity index (χ0v) is 11.2. The molecule has 20 heavy (non-hydrogen) atoms. The number of carbonyl (C=O) groups is 1. The van der Waals surface area contributed by atoms with Crippen molar-refractivity contribution in [3.8, 4) is 0 Å². The molecule has 2 rings (SSSR count). The van der Waals surface area contributed by atoms with Crippen LogP contribution >= 0.6 is 0 Å². The topological polar surface area (TPSA) is 63.3 Å². The van der Waals surface area contributed by atoms with Crippen LogP contribution in [0.1, 0.15) is 37.7 Å². The zero-order chi connectivity index (χ0) is 14.8. The number of carboxylic acids is 1.